The SMILES string of the molecule is CCC1(CC)c2ccccc2-c2ccc(N=P)cc21. The third-order valence-corrected chi connectivity index (χ3v) is 4.85. The Labute approximate surface area is 117 Å². The number of hydrogen-bond acceptors (Lipinski definition) is 1. The number of nitrogens with zero attached hydrogens (tertiary/aromatic N) is 1. The summed E-state index contributed by atoms with van der Waals surface area (Å²) in [7, 11) is 3.26. The third kappa shape index (κ3) is 1.61. The second kappa shape index (κ2) is 4.58. The molecule has 0 saturated carbocycles. The Balaban J connectivity index is 2.36. The smallest absolute Gasteiger partial charge is 0.0675 e. The van der Waals surface area contributed by atoms with Gasteiger partial charge in [0.15, 0.2) is 0 Å². The summed E-state index contributed by atoms with van der Waals surface area (Å²) in [5.74, 6) is 0. The molecule has 2 heteroatoms. The zero-order chi connectivity index (χ0) is 13.5. The van der Waals surface area contributed by atoms with E-state index in [1.807, 2.05) is 0 Å². The Morgan fingerprint density at radius 1 is 0.947 bits per heavy atom. The van der Waals surface area contributed by atoms with Crippen LogP contribution in [0.2, 0.25) is 0 Å². The van der Waals surface area contributed by atoms with E-state index in [2.05, 4.69) is 70.1 Å². The van der Waals surface area contributed by atoms with Gasteiger partial charge in [0, 0.05) is 5.41 Å². The molecule has 0 saturated heterocycles. The van der Waals surface area contributed by atoms with Gasteiger partial charge in [0.1, 0.15) is 0 Å². The van der Waals surface area contributed by atoms with E-state index in [1.165, 1.54) is 22.3 Å². The Hall–Kier alpha value is -1.46. The highest BCUT2D eigenvalue weighted by Crippen LogP contribution is 2.53. The fourth-order valence-corrected chi connectivity index (χ4v) is 3.66. The van der Waals surface area contributed by atoms with Crippen molar-refractivity contribution in [1.29, 1.82) is 0 Å². The van der Waals surface area contributed by atoms with Crippen LogP contribution in [0.3, 0.4) is 0 Å². The summed E-state index contributed by atoms with van der Waals surface area (Å²) in [5, 5.41) is 0. The molecule has 96 valence electrons. The maximum atomic E-state index is 4.15. The van der Waals surface area contributed by atoms with Gasteiger partial charge in [-0.15, -0.1) is 0 Å². The first kappa shape index (κ1) is 12.6. The largest absolute Gasteiger partial charge is 0.236 e. The molecule has 2 aromatic carbocycles. The van der Waals surface area contributed by atoms with E-state index >= 15 is 0 Å². The molecule has 3 rings (SSSR count). The highest BCUT2D eigenvalue weighted by molar-refractivity contribution is 7.04. The molecule has 0 fully saturated rings. The highest BCUT2D eigenvalue weighted by atomic mass is 31.0. The van der Waals surface area contributed by atoms with E-state index in [1.54, 1.807) is 0 Å². The van der Waals surface area contributed by atoms with Crippen molar-refractivity contribution in [3.05, 3.63) is 53.6 Å². The molecule has 0 bridgehead atoms. The van der Waals surface area contributed by atoms with Gasteiger partial charge in [-0.05, 0) is 56.3 Å². The molecule has 0 aromatic heterocycles. The summed E-state index contributed by atoms with van der Waals surface area (Å²) in [6.07, 6.45) is 2.25. The van der Waals surface area contributed by atoms with Crippen LogP contribution in [0.25, 0.3) is 11.1 Å². The maximum Gasteiger partial charge on any atom is 0.0675 e. The second-order valence-corrected chi connectivity index (χ2v) is 5.40. The molecule has 0 spiro atoms. The predicted octanol–water partition coefficient (Wildman–Crippen LogP) is 5.73. The van der Waals surface area contributed by atoms with E-state index in [-0.39, 0.29) is 5.41 Å². The average Bonchev–Trinajstić information content (AvgIpc) is 2.77. The topological polar surface area (TPSA) is 12.4 Å². The highest BCUT2D eigenvalue weighted by Gasteiger charge is 2.40. The molecule has 1 aliphatic carbocycles. The van der Waals surface area contributed by atoms with Crippen molar-refractivity contribution in [2.45, 2.75) is 32.1 Å². The van der Waals surface area contributed by atoms with Gasteiger partial charge in [0.25, 0.3) is 0 Å². The maximum absolute atomic E-state index is 4.15. The fraction of sp³-hybridized carbons (Fsp3) is 0.294. The summed E-state index contributed by atoms with van der Waals surface area (Å²) in [5.41, 5.74) is 6.81. The fourth-order valence-electron chi connectivity index (χ4n) is 3.52. The molecule has 0 heterocycles. The van der Waals surface area contributed by atoms with Crippen LogP contribution < -0.4 is 0 Å². The Bertz CT molecular complexity index is 641. The summed E-state index contributed by atoms with van der Waals surface area (Å²) in [4.78, 5) is 0. The summed E-state index contributed by atoms with van der Waals surface area (Å²) in [6, 6.07) is 15.3. The van der Waals surface area contributed by atoms with Gasteiger partial charge < -0.3 is 0 Å². The first-order valence-corrected chi connectivity index (χ1v) is 7.33. The van der Waals surface area contributed by atoms with Gasteiger partial charge in [-0.1, -0.05) is 44.2 Å². The Morgan fingerprint density at radius 2 is 1.63 bits per heavy atom. The van der Waals surface area contributed by atoms with Crippen molar-refractivity contribution >= 4 is 14.7 Å². The van der Waals surface area contributed by atoms with Crippen LogP contribution in [0.1, 0.15) is 37.8 Å². The minimum atomic E-state index is 0.152. The second-order valence-electron chi connectivity index (χ2n) is 5.18. The van der Waals surface area contributed by atoms with Gasteiger partial charge in [-0.25, -0.2) is 4.74 Å². The van der Waals surface area contributed by atoms with Crippen molar-refractivity contribution in [2.24, 2.45) is 4.74 Å². The van der Waals surface area contributed by atoms with Crippen LogP contribution in [0.15, 0.2) is 47.2 Å². The van der Waals surface area contributed by atoms with Crippen LogP contribution in [-0.2, 0) is 5.41 Å². The predicted molar refractivity (Wildman–Crippen MR) is 83.6 cm³/mol. The first-order valence-electron chi connectivity index (χ1n) is 6.88. The molecule has 0 aliphatic heterocycles. The number of fused-ring (bicyclic) bond motifs is 3. The minimum absolute atomic E-state index is 0.152. The van der Waals surface area contributed by atoms with Gasteiger partial charge >= 0.3 is 0 Å². The lowest BCUT2D eigenvalue weighted by molar-refractivity contribution is 0.490. The average molecular weight is 267 g/mol. The summed E-state index contributed by atoms with van der Waals surface area (Å²) < 4.78 is 4.15. The molecule has 0 unspecified atom stereocenters. The molecule has 0 N–H and O–H groups in total. The third-order valence-electron chi connectivity index (χ3n) is 4.59. The quantitative estimate of drug-likeness (QED) is 0.629. The van der Waals surface area contributed by atoms with Crippen molar-refractivity contribution in [3.63, 3.8) is 0 Å². The molecular formula is C17H18NP. The van der Waals surface area contributed by atoms with Crippen molar-refractivity contribution in [3.8, 4) is 11.1 Å². The van der Waals surface area contributed by atoms with Crippen molar-refractivity contribution in [2.75, 3.05) is 0 Å². The van der Waals surface area contributed by atoms with Crippen LogP contribution in [0.5, 0.6) is 0 Å². The van der Waals surface area contributed by atoms with E-state index in [9.17, 15) is 0 Å². The van der Waals surface area contributed by atoms with Crippen LogP contribution in [0.4, 0.5) is 5.69 Å². The van der Waals surface area contributed by atoms with Crippen LogP contribution >= 0.6 is 9.03 Å². The van der Waals surface area contributed by atoms with Gasteiger partial charge in [-0.3, -0.25) is 0 Å². The molecule has 0 radical (unpaired) electrons. The lowest BCUT2D eigenvalue weighted by Crippen LogP contribution is -2.22. The molecule has 1 nitrogen and oxygen atoms in total. The molecule has 0 atom stereocenters. The molecule has 19 heavy (non-hydrogen) atoms. The zero-order valence-electron chi connectivity index (χ0n) is 11.4. The van der Waals surface area contributed by atoms with Gasteiger partial charge in [0.05, 0.1) is 5.69 Å². The van der Waals surface area contributed by atoms with Gasteiger partial charge in [-0.2, -0.15) is 0 Å². The molecular weight excluding hydrogens is 249 g/mol. The summed E-state index contributed by atoms with van der Waals surface area (Å²) in [6.45, 7) is 4.57. The number of hydrogen-bond donors (Lipinski definition) is 0. The number of benzene rings is 2. The van der Waals surface area contributed by atoms with Gasteiger partial charge in [0.2, 0.25) is 0 Å². The monoisotopic (exact) mass is 267 g/mol. The summed E-state index contributed by atoms with van der Waals surface area (Å²) >= 11 is 0. The lowest BCUT2D eigenvalue weighted by Gasteiger charge is -2.29. The Morgan fingerprint density at radius 3 is 2.32 bits per heavy atom. The van der Waals surface area contributed by atoms with Crippen molar-refractivity contribution in [1.82, 2.24) is 0 Å². The van der Waals surface area contributed by atoms with E-state index < -0.39 is 0 Å². The zero-order valence-corrected chi connectivity index (χ0v) is 12.4. The molecule has 2 aromatic rings. The van der Waals surface area contributed by atoms with E-state index in [0.29, 0.717) is 0 Å². The standard InChI is InChI=1S/C17H18NP/c1-3-17(4-2)15-8-6-5-7-13(15)14-10-9-12(18-19)11-16(14)17/h5-11,19H,3-4H2,1-2H3. The minimum Gasteiger partial charge on any atom is -0.236 e. The molecule has 0 amide bonds. The Kier molecular flexibility index (Phi) is 3.03. The lowest BCUT2D eigenvalue weighted by atomic mass is 9.74. The van der Waals surface area contributed by atoms with E-state index in [0.717, 1.165) is 18.5 Å². The first-order chi connectivity index (χ1) is 9.26. The van der Waals surface area contributed by atoms with Crippen LogP contribution in [0, 0.1) is 0 Å². The van der Waals surface area contributed by atoms with Crippen molar-refractivity contribution < 1.29 is 0 Å². The number of rotatable bonds is 3. The van der Waals surface area contributed by atoms with E-state index in [4.69, 9.17) is 0 Å². The molecule has 1 aliphatic rings. The van der Waals surface area contributed by atoms with Crippen LogP contribution in [-0.4, -0.2) is 0 Å². The normalized spacial score (nSPS) is 14.8.